The maximum absolute atomic E-state index is 12.8. The molecule has 0 aliphatic heterocycles. The van der Waals surface area contributed by atoms with Crippen LogP contribution in [0.4, 0.5) is 0 Å². The molecule has 0 aliphatic carbocycles. The van der Waals surface area contributed by atoms with Gasteiger partial charge in [0.15, 0.2) is 6.10 Å². The highest BCUT2D eigenvalue weighted by molar-refractivity contribution is 5.70. The Kier molecular flexibility index (Phi) is 53.3. The summed E-state index contributed by atoms with van der Waals surface area (Å²) in [5.41, 5.74) is 0. The van der Waals surface area contributed by atoms with E-state index < -0.39 is 6.10 Å². The summed E-state index contributed by atoms with van der Waals surface area (Å²) < 4.78 is 17.4. The molecule has 0 saturated heterocycles. The summed E-state index contributed by atoms with van der Waals surface area (Å²) in [5, 5.41) is 0. The van der Waals surface area contributed by atoms with Gasteiger partial charge in [-0.1, -0.05) is 268 Å². The fourth-order valence-electron chi connectivity index (χ4n) is 8.15. The highest BCUT2D eigenvalue weighted by atomic mass is 16.6. The van der Waals surface area contributed by atoms with Crippen LogP contribution in [0.3, 0.4) is 0 Å². The average molecular weight is 898 g/mol. The van der Waals surface area contributed by atoms with Crippen LogP contribution >= 0.6 is 0 Å². The van der Waals surface area contributed by atoms with E-state index in [4.69, 9.17) is 14.2 Å². The van der Waals surface area contributed by atoms with Gasteiger partial charge in [-0.15, -0.1) is 0 Å². The van der Waals surface area contributed by atoms with E-state index in [1.165, 1.54) is 199 Å². The Bertz CT molecular complexity index is 1060. The van der Waals surface area contributed by atoms with Crippen molar-refractivity contribution in [1.82, 2.24) is 0 Å². The lowest BCUT2D eigenvalue weighted by Gasteiger charge is -2.18. The molecule has 1 atom stereocenters. The van der Waals surface area contributed by atoms with Crippen molar-refractivity contribution >= 4 is 11.9 Å². The molecule has 0 bridgehead atoms. The van der Waals surface area contributed by atoms with E-state index in [9.17, 15) is 9.59 Å². The number of esters is 2. The molecule has 0 aromatic heterocycles. The molecule has 0 radical (unpaired) electrons. The monoisotopic (exact) mass is 897 g/mol. The molecule has 0 unspecified atom stereocenters. The molecule has 0 aromatic carbocycles. The van der Waals surface area contributed by atoms with E-state index in [-0.39, 0.29) is 25.2 Å². The van der Waals surface area contributed by atoms with E-state index in [1.807, 2.05) is 0 Å². The Labute approximate surface area is 399 Å². The first-order valence-corrected chi connectivity index (χ1v) is 28.2. The van der Waals surface area contributed by atoms with Crippen LogP contribution in [-0.2, 0) is 23.8 Å². The van der Waals surface area contributed by atoms with Crippen LogP contribution < -0.4 is 0 Å². The number of ether oxygens (including phenoxy) is 3. The largest absolute Gasteiger partial charge is 0.462 e. The Morgan fingerprint density at radius 1 is 0.344 bits per heavy atom. The molecular weight excluding hydrogens is 789 g/mol. The van der Waals surface area contributed by atoms with Crippen molar-refractivity contribution in [3.05, 3.63) is 48.6 Å². The third kappa shape index (κ3) is 52.5. The van der Waals surface area contributed by atoms with E-state index in [1.54, 1.807) is 0 Å². The van der Waals surface area contributed by atoms with Crippen molar-refractivity contribution in [2.45, 2.75) is 297 Å². The summed E-state index contributed by atoms with van der Waals surface area (Å²) in [6.45, 7) is 7.80. The van der Waals surface area contributed by atoms with Crippen LogP contribution in [-0.4, -0.2) is 37.9 Å². The molecule has 0 heterocycles. The Morgan fingerprint density at radius 2 is 0.672 bits per heavy atom. The highest BCUT2D eigenvalue weighted by Crippen LogP contribution is 2.16. The Hall–Kier alpha value is -2.14. The van der Waals surface area contributed by atoms with Gasteiger partial charge in [0.1, 0.15) is 6.61 Å². The molecule has 64 heavy (non-hydrogen) atoms. The van der Waals surface area contributed by atoms with Crippen LogP contribution in [0.2, 0.25) is 0 Å². The lowest BCUT2D eigenvalue weighted by atomic mass is 10.0. The minimum Gasteiger partial charge on any atom is -0.462 e. The van der Waals surface area contributed by atoms with E-state index in [2.05, 4.69) is 69.4 Å². The predicted octanol–water partition coefficient (Wildman–Crippen LogP) is 19.1. The molecular formula is C59H108O5. The summed E-state index contributed by atoms with van der Waals surface area (Å²) in [4.78, 5) is 25.4. The zero-order valence-electron chi connectivity index (χ0n) is 43.1. The number of hydrogen-bond acceptors (Lipinski definition) is 5. The maximum Gasteiger partial charge on any atom is 0.306 e. The third-order valence-electron chi connectivity index (χ3n) is 12.4. The number of unbranched alkanes of at least 4 members (excludes halogenated alkanes) is 33. The molecule has 0 saturated carbocycles. The van der Waals surface area contributed by atoms with Gasteiger partial charge in [0.2, 0.25) is 0 Å². The van der Waals surface area contributed by atoms with Gasteiger partial charge in [0.25, 0.3) is 0 Å². The quantitative estimate of drug-likeness (QED) is 0.0346. The average Bonchev–Trinajstić information content (AvgIpc) is 3.30. The Balaban J connectivity index is 4.31. The minimum absolute atomic E-state index is 0.0622. The molecule has 5 heteroatoms. The van der Waals surface area contributed by atoms with Crippen molar-refractivity contribution < 1.29 is 23.8 Å². The van der Waals surface area contributed by atoms with E-state index in [0.29, 0.717) is 19.4 Å². The topological polar surface area (TPSA) is 61.8 Å². The second-order valence-electron chi connectivity index (χ2n) is 18.9. The fourth-order valence-corrected chi connectivity index (χ4v) is 8.15. The summed E-state index contributed by atoms with van der Waals surface area (Å²) in [6.07, 6.45) is 68.4. The third-order valence-corrected chi connectivity index (χ3v) is 12.4. The fraction of sp³-hybridized carbons (Fsp3) is 0.831. The molecule has 0 spiro atoms. The van der Waals surface area contributed by atoms with Gasteiger partial charge >= 0.3 is 11.9 Å². The summed E-state index contributed by atoms with van der Waals surface area (Å²) in [7, 11) is 0. The second-order valence-corrected chi connectivity index (χ2v) is 18.9. The Morgan fingerprint density at radius 3 is 1.09 bits per heavy atom. The highest BCUT2D eigenvalue weighted by Gasteiger charge is 2.17. The smallest absolute Gasteiger partial charge is 0.306 e. The lowest BCUT2D eigenvalue weighted by Crippen LogP contribution is -2.30. The summed E-state index contributed by atoms with van der Waals surface area (Å²) >= 11 is 0. The number of carbonyl (C=O) groups excluding carboxylic acids is 2. The van der Waals surface area contributed by atoms with E-state index >= 15 is 0 Å². The van der Waals surface area contributed by atoms with Crippen LogP contribution in [0.1, 0.15) is 290 Å². The molecule has 0 fully saturated rings. The van der Waals surface area contributed by atoms with Crippen LogP contribution in [0.5, 0.6) is 0 Å². The van der Waals surface area contributed by atoms with Crippen molar-refractivity contribution in [3.8, 4) is 0 Å². The molecule has 0 rings (SSSR count). The first kappa shape index (κ1) is 61.9. The summed E-state index contributed by atoms with van der Waals surface area (Å²) in [5.74, 6) is -0.445. The number of hydrogen-bond donors (Lipinski definition) is 0. The van der Waals surface area contributed by atoms with Gasteiger partial charge < -0.3 is 14.2 Å². The van der Waals surface area contributed by atoms with Gasteiger partial charge in [-0.05, 0) is 57.8 Å². The SMILES string of the molecule is CCCCC/C=C\C/C=C\C/C=C\C/C=C\CCCC(=O)OC[C@@H](COCCCCCCCCCCCCCCCCCC)OC(=O)CCCCCCCCCCCCCCCCC. The van der Waals surface area contributed by atoms with Crippen LogP contribution in [0.25, 0.3) is 0 Å². The zero-order chi connectivity index (χ0) is 46.3. The van der Waals surface area contributed by atoms with Crippen molar-refractivity contribution in [3.63, 3.8) is 0 Å². The first-order valence-electron chi connectivity index (χ1n) is 28.2. The minimum atomic E-state index is -0.553. The first-order chi connectivity index (χ1) is 31.6. The standard InChI is InChI=1S/C59H108O5/c1-4-7-10-13-16-19-22-25-28-30-32-34-37-40-43-46-49-52-58(60)63-56-57(55-62-54-51-48-45-42-39-36-33-29-26-23-20-17-14-11-8-5-2)64-59(61)53-50-47-44-41-38-35-31-27-24-21-18-15-12-9-6-3/h16,19,25,28,32,34,40,43,57H,4-15,17-18,20-24,26-27,29-31,33,35-39,41-42,44-56H2,1-3H3/b19-16-,28-25-,34-32-,43-40-/t57-/m1/s1. The summed E-state index contributed by atoms with van der Waals surface area (Å²) in [6, 6.07) is 0. The molecule has 0 amide bonds. The molecule has 0 aromatic rings. The van der Waals surface area contributed by atoms with Crippen molar-refractivity contribution in [1.29, 1.82) is 0 Å². The second kappa shape index (κ2) is 55.2. The molecule has 374 valence electrons. The van der Waals surface area contributed by atoms with Gasteiger partial charge in [-0.3, -0.25) is 9.59 Å². The van der Waals surface area contributed by atoms with Gasteiger partial charge in [0.05, 0.1) is 6.61 Å². The molecule has 5 nitrogen and oxygen atoms in total. The predicted molar refractivity (Wildman–Crippen MR) is 279 cm³/mol. The number of rotatable bonds is 52. The number of carbonyl (C=O) groups is 2. The van der Waals surface area contributed by atoms with Gasteiger partial charge in [-0.2, -0.15) is 0 Å². The molecule has 0 N–H and O–H groups in total. The normalized spacial score (nSPS) is 12.5. The number of allylic oxidation sites excluding steroid dienone is 8. The van der Waals surface area contributed by atoms with Gasteiger partial charge in [-0.25, -0.2) is 0 Å². The van der Waals surface area contributed by atoms with Gasteiger partial charge in [0, 0.05) is 19.4 Å². The zero-order valence-corrected chi connectivity index (χ0v) is 43.1. The lowest BCUT2D eigenvalue weighted by molar-refractivity contribution is -0.163. The van der Waals surface area contributed by atoms with E-state index in [0.717, 1.165) is 57.8 Å². The van der Waals surface area contributed by atoms with Crippen molar-refractivity contribution in [2.24, 2.45) is 0 Å². The molecule has 0 aliphatic rings. The maximum atomic E-state index is 12.8. The van der Waals surface area contributed by atoms with Crippen molar-refractivity contribution in [2.75, 3.05) is 19.8 Å². The van der Waals surface area contributed by atoms with Crippen LogP contribution in [0, 0.1) is 0 Å². The van der Waals surface area contributed by atoms with Crippen LogP contribution in [0.15, 0.2) is 48.6 Å².